The molecule has 0 radical (unpaired) electrons. The monoisotopic (exact) mass is 184 g/mol. The Balaban J connectivity index is 2.50. The summed E-state index contributed by atoms with van der Waals surface area (Å²) in [5, 5.41) is 3.51. The molecule has 0 bridgehead atoms. The molecule has 4 nitrogen and oxygen atoms in total. The third-order valence-corrected chi connectivity index (χ3v) is 2.95. The molecule has 4 N–H and O–H groups in total. The summed E-state index contributed by atoms with van der Waals surface area (Å²) < 4.78 is 0. The van der Waals surface area contributed by atoms with E-state index in [2.05, 4.69) is 12.0 Å². The highest BCUT2D eigenvalue weighted by Crippen LogP contribution is 2.26. The SMILES string of the molecule is CC1CCCC(N(C)C(N)=NN)C1. The van der Waals surface area contributed by atoms with Gasteiger partial charge in [-0.3, -0.25) is 0 Å². The molecule has 0 aromatic heterocycles. The minimum atomic E-state index is 0.444. The summed E-state index contributed by atoms with van der Waals surface area (Å²) in [6.45, 7) is 2.29. The molecule has 1 aliphatic rings. The molecule has 0 spiro atoms. The summed E-state index contributed by atoms with van der Waals surface area (Å²) in [7, 11) is 1.97. The Morgan fingerprint density at radius 1 is 1.46 bits per heavy atom. The lowest BCUT2D eigenvalue weighted by atomic mass is 9.86. The molecule has 13 heavy (non-hydrogen) atoms. The van der Waals surface area contributed by atoms with Gasteiger partial charge in [0.15, 0.2) is 0 Å². The third-order valence-electron chi connectivity index (χ3n) is 2.95. The van der Waals surface area contributed by atoms with Gasteiger partial charge in [0.25, 0.3) is 0 Å². The van der Waals surface area contributed by atoms with Crippen LogP contribution >= 0.6 is 0 Å². The summed E-state index contributed by atoms with van der Waals surface area (Å²) in [5.74, 6) is 6.38. The molecule has 76 valence electrons. The van der Waals surface area contributed by atoms with Crippen LogP contribution in [0.1, 0.15) is 32.6 Å². The van der Waals surface area contributed by atoms with Crippen molar-refractivity contribution in [2.45, 2.75) is 38.6 Å². The van der Waals surface area contributed by atoms with Crippen LogP contribution in [0.25, 0.3) is 0 Å². The van der Waals surface area contributed by atoms with E-state index in [0.717, 1.165) is 5.92 Å². The van der Waals surface area contributed by atoms with Crippen molar-refractivity contribution in [3.05, 3.63) is 0 Å². The number of nitrogens with two attached hydrogens (primary N) is 2. The molecule has 2 atom stereocenters. The Morgan fingerprint density at radius 3 is 2.69 bits per heavy atom. The highest BCUT2D eigenvalue weighted by molar-refractivity contribution is 5.77. The predicted molar refractivity (Wildman–Crippen MR) is 55.0 cm³/mol. The molecule has 1 saturated carbocycles. The molecule has 0 heterocycles. The molecule has 0 saturated heterocycles. The molecule has 1 fully saturated rings. The van der Waals surface area contributed by atoms with Crippen molar-refractivity contribution in [1.29, 1.82) is 0 Å². The zero-order chi connectivity index (χ0) is 9.84. The Bertz CT molecular complexity index is 190. The van der Waals surface area contributed by atoms with Crippen molar-refractivity contribution in [2.75, 3.05) is 7.05 Å². The zero-order valence-electron chi connectivity index (χ0n) is 8.53. The van der Waals surface area contributed by atoms with Crippen LogP contribution in [0.2, 0.25) is 0 Å². The Labute approximate surface area is 80.0 Å². The molecule has 0 amide bonds. The standard InChI is InChI=1S/C9H20N4/c1-7-4-3-5-8(6-7)13(2)9(10)12-11/h7-8H,3-6,11H2,1-2H3,(H2,10,12). The first-order chi connectivity index (χ1) is 6.15. The fraction of sp³-hybridized carbons (Fsp3) is 0.889. The average molecular weight is 184 g/mol. The van der Waals surface area contributed by atoms with E-state index < -0.39 is 0 Å². The quantitative estimate of drug-likeness (QED) is 0.272. The van der Waals surface area contributed by atoms with Crippen molar-refractivity contribution in [3.8, 4) is 0 Å². The molecule has 4 heteroatoms. The van der Waals surface area contributed by atoms with Gasteiger partial charge in [-0.05, 0) is 18.8 Å². The highest BCUT2D eigenvalue weighted by atomic mass is 15.3. The maximum absolute atomic E-state index is 5.64. The van der Waals surface area contributed by atoms with Crippen LogP contribution < -0.4 is 11.6 Å². The van der Waals surface area contributed by atoms with E-state index >= 15 is 0 Å². The molecule has 1 aliphatic carbocycles. The van der Waals surface area contributed by atoms with Gasteiger partial charge in [0.2, 0.25) is 5.96 Å². The number of nitrogens with zero attached hydrogens (tertiary/aromatic N) is 2. The van der Waals surface area contributed by atoms with E-state index in [1.165, 1.54) is 25.7 Å². The Morgan fingerprint density at radius 2 is 2.15 bits per heavy atom. The highest BCUT2D eigenvalue weighted by Gasteiger charge is 2.23. The van der Waals surface area contributed by atoms with Crippen molar-refractivity contribution in [2.24, 2.45) is 22.6 Å². The van der Waals surface area contributed by atoms with Crippen molar-refractivity contribution in [1.82, 2.24) is 4.90 Å². The van der Waals surface area contributed by atoms with E-state index in [1.807, 2.05) is 11.9 Å². The maximum Gasteiger partial charge on any atom is 0.213 e. The Kier molecular flexibility index (Phi) is 3.39. The lowest BCUT2D eigenvalue weighted by molar-refractivity contribution is 0.230. The van der Waals surface area contributed by atoms with Gasteiger partial charge in [0.1, 0.15) is 0 Å². The molecule has 2 unspecified atom stereocenters. The maximum atomic E-state index is 5.64. The number of hydrogen-bond donors (Lipinski definition) is 2. The molecule has 0 aliphatic heterocycles. The predicted octanol–water partition coefficient (Wildman–Crippen LogP) is 0.685. The minimum Gasteiger partial charge on any atom is -0.368 e. The smallest absolute Gasteiger partial charge is 0.213 e. The van der Waals surface area contributed by atoms with E-state index in [-0.39, 0.29) is 0 Å². The lowest BCUT2D eigenvalue weighted by Crippen LogP contribution is -2.44. The van der Waals surface area contributed by atoms with E-state index in [4.69, 9.17) is 11.6 Å². The van der Waals surface area contributed by atoms with Crippen LogP contribution in [0, 0.1) is 5.92 Å². The number of rotatable bonds is 1. The first kappa shape index (κ1) is 10.2. The van der Waals surface area contributed by atoms with Crippen molar-refractivity contribution >= 4 is 5.96 Å². The zero-order valence-corrected chi connectivity index (χ0v) is 8.53. The van der Waals surface area contributed by atoms with Crippen LogP contribution in [0.3, 0.4) is 0 Å². The average Bonchev–Trinajstić information content (AvgIpc) is 2.15. The molecular weight excluding hydrogens is 164 g/mol. The fourth-order valence-corrected chi connectivity index (χ4v) is 2.03. The van der Waals surface area contributed by atoms with Gasteiger partial charge in [-0.2, -0.15) is 0 Å². The fourth-order valence-electron chi connectivity index (χ4n) is 2.03. The first-order valence-electron chi connectivity index (χ1n) is 4.91. The summed E-state index contributed by atoms with van der Waals surface area (Å²) in [6.07, 6.45) is 5.03. The summed E-state index contributed by atoms with van der Waals surface area (Å²) in [5.41, 5.74) is 5.64. The number of hydrogen-bond acceptors (Lipinski definition) is 2. The van der Waals surface area contributed by atoms with Gasteiger partial charge >= 0.3 is 0 Å². The van der Waals surface area contributed by atoms with Crippen molar-refractivity contribution in [3.63, 3.8) is 0 Å². The molecule has 1 rings (SSSR count). The van der Waals surface area contributed by atoms with Gasteiger partial charge in [-0.15, -0.1) is 5.10 Å². The van der Waals surface area contributed by atoms with Gasteiger partial charge in [-0.25, -0.2) is 0 Å². The van der Waals surface area contributed by atoms with Crippen LogP contribution in [0.15, 0.2) is 5.10 Å². The van der Waals surface area contributed by atoms with Gasteiger partial charge in [0.05, 0.1) is 0 Å². The molecular formula is C9H20N4. The van der Waals surface area contributed by atoms with Gasteiger partial charge in [-0.1, -0.05) is 19.8 Å². The first-order valence-corrected chi connectivity index (χ1v) is 4.91. The normalized spacial score (nSPS) is 30.2. The van der Waals surface area contributed by atoms with Crippen molar-refractivity contribution < 1.29 is 0 Å². The summed E-state index contributed by atoms with van der Waals surface area (Å²) in [6, 6.07) is 0.524. The second-order valence-corrected chi connectivity index (χ2v) is 4.02. The van der Waals surface area contributed by atoms with E-state index in [1.54, 1.807) is 0 Å². The number of guanidine groups is 1. The van der Waals surface area contributed by atoms with Crippen LogP contribution in [-0.2, 0) is 0 Å². The van der Waals surface area contributed by atoms with E-state index in [0.29, 0.717) is 12.0 Å². The summed E-state index contributed by atoms with van der Waals surface area (Å²) in [4.78, 5) is 2.00. The third kappa shape index (κ3) is 2.50. The molecule has 0 aromatic carbocycles. The van der Waals surface area contributed by atoms with E-state index in [9.17, 15) is 0 Å². The second-order valence-electron chi connectivity index (χ2n) is 4.02. The van der Waals surface area contributed by atoms with Crippen LogP contribution in [-0.4, -0.2) is 23.9 Å². The number of hydrazone groups is 1. The largest absolute Gasteiger partial charge is 0.368 e. The second kappa shape index (κ2) is 4.35. The van der Waals surface area contributed by atoms with Crippen LogP contribution in [0.4, 0.5) is 0 Å². The minimum absolute atomic E-state index is 0.444. The van der Waals surface area contributed by atoms with Gasteiger partial charge in [0, 0.05) is 13.1 Å². The molecule has 0 aromatic rings. The topological polar surface area (TPSA) is 67.6 Å². The van der Waals surface area contributed by atoms with Gasteiger partial charge < -0.3 is 16.5 Å². The lowest BCUT2D eigenvalue weighted by Gasteiger charge is -2.34. The Hall–Kier alpha value is -0.930. The summed E-state index contributed by atoms with van der Waals surface area (Å²) >= 11 is 0. The van der Waals surface area contributed by atoms with Crippen LogP contribution in [0.5, 0.6) is 0 Å².